The van der Waals surface area contributed by atoms with Crippen LogP contribution >= 0.6 is 0 Å². The second-order valence-electron chi connectivity index (χ2n) is 19.4. The molecular formula is C52H88N9O9+. The zero-order valence-corrected chi connectivity index (χ0v) is 43.9. The van der Waals surface area contributed by atoms with Crippen molar-refractivity contribution in [3.63, 3.8) is 0 Å². The lowest BCUT2D eigenvalue weighted by Gasteiger charge is -2.22. The molecule has 0 N–H and O–H groups in total. The van der Waals surface area contributed by atoms with Gasteiger partial charge in [0.05, 0.1) is 25.1 Å². The smallest absolute Gasteiger partial charge is 0.461 e. The average Bonchev–Trinajstić information content (AvgIpc) is 4.07. The largest absolute Gasteiger partial charge is 0.508 e. The summed E-state index contributed by atoms with van der Waals surface area (Å²) in [6.45, 7) is 8.84. The molecule has 0 aliphatic carbocycles. The minimum atomic E-state index is -0.844. The van der Waals surface area contributed by atoms with E-state index in [1.807, 2.05) is 19.0 Å². The van der Waals surface area contributed by atoms with Gasteiger partial charge in [-0.3, -0.25) is 9.59 Å². The summed E-state index contributed by atoms with van der Waals surface area (Å²) in [5, 5.41) is 16.8. The standard InChI is InChI=1S/C52H88N9O9/c1-8-12-16-20-22-26-30-43(28-24-18-14-10-3)68-47(63)38-58-34-41(53-55-58)36-61-46(62)32-33-60(52(61)65)51-50(66-7)49(45(70-51)37-57(5)6)67-40-42-35-59(56-54-42)39-48(64)69-44(29-25-19-15-11-4)31-27-23-21-17-13-9-2/h32-35,43-45,49-50H,8-31,36-40H2,1-7H3/q+1/b60-51+/t43?,44?,45-,49-,50-/m1/s1. The first-order valence-electron chi connectivity index (χ1n) is 26.8. The molecule has 2 aliphatic heterocycles. The van der Waals surface area contributed by atoms with E-state index in [0.29, 0.717) is 17.9 Å². The predicted molar refractivity (Wildman–Crippen MR) is 266 cm³/mol. The maximum absolute atomic E-state index is 14.1. The number of amides is 3. The number of unbranched alkanes of at least 4 members (excludes halogenated alkanes) is 16. The molecule has 0 radical (unpaired) electrons. The fraction of sp³-hybridized carbons (Fsp3) is 0.788. The Morgan fingerprint density at radius 3 is 1.63 bits per heavy atom. The van der Waals surface area contributed by atoms with Gasteiger partial charge in [-0.25, -0.2) is 14.2 Å². The van der Waals surface area contributed by atoms with Crippen LogP contribution in [0.2, 0.25) is 0 Å². The van der Waals surface area contributed by atoms with E-state index in [0.717, 1.165) is 101 Å². The van der Waals surface area contributed by atoms with Crippen molar-refractivity contribution in [3.05, 3.63) is 36.1 Å². The van der Waals surface area contributed by atoms with E-state index in [4.69, 9.17) is 23.7 Å². The maximum Gasteiger partial charge on any atom is 0.508 e. The van der Waals surface area contributed by atoms with Gasteiger partial charge in [-0.1, -0.05) is 141 Å². The lowest BCUT2D eigenvalue weighted by molar-refractivity contribution is -0.378. The highest BCUT2D eigenvalue weighted by atomic mass is 16.6. The maximum atomic E-state index is 14.1. The number of esters is 2. The van der Waals surface area contributed by atoms with Crippen molar-refractivity contribution >= 4 is 29.8 Å². The third-order valence-electron chi connectivity index (χ3n) is 12.9. The molecule has 4 rings (SSSR count). The number of rotatable bonds is 38. The van der Waals surface area contributed by atoms with Gasteiger partial charge < -0.3 is 28.6 Å². The first kappa shape index (κ1) is 58.0. The molecule has 1 fully saturated rings. The molecule has 70 heavy (non-hydrogen) atoms. The Morgan fingerprint density at radius 1 is 0.686 bits per heavy atom. The van der Waals surface area contributed by atoms with E-state index in [-0.39, 0.29) is 50.3 Å². The molecule has 2 aromatic rings. The number of nitrogens with zero attached hydrogens (tertiary/aromatic N) is 9. The molecule has 2 aliphatic rings. The summed E-state index contributed by atoms with van der Waals surface area (Å²) in [5.74, 6) is -1.13. The van der Waals surface area contributed by atoms with Crippen molar-refractivity contribution in [1.82, 2.24) is 39.8 Å². The van der Waals surface area contributed by atoms with Crippen LogP contribution in [0, 0.1) is 0 Å². The fourth-order valence-electron chi connectivity index (χ4n) is 9.03. The highest BCUT2D eigenvalue weighted by Gasteiger charge is 2.50. The molecule has 2 unspecified atom stereocenters. The zero-order valence-electron chi connectivity index (χ0n) is 43.9. The van der Waals surface area contributed by atoms with Crippen LogP contribution in [-0.4, -0.2) is 132 Å². The number of carbonyl (C=O) groups excluding carboxylic acids is 4. The molecule has 18 nitrogen and oxygen atoms in total. The molecule has 0 bridgehead atoms. The second kappa shape index (κ2) is 33.2. The molecule has 0 saturated carbocycles. The Bertz CT molecular complexity index is 1900. The summed E-state index contributed by atoms with van der Waals surface area (Å²) in [7, 11) is 5.30. The van der Waals surface area contributed by atoms with Crippen LogP contribution in [0.1, 0.15) is 193 Å². The van der Waals surface area contributed by atoms with Crippen molar-refractivity contribution in [2.24, 2.45) is 0 Å². The van der Waals surface area contributed by atoms with Crippen molar-refractivity contribution < 1.29 is 47.4 Å². The van der Waals surface area contributed by atoms with Crippen LogP contribution in [0.25, 0.3) is 0 Å². The minimum Gasteiger partial charge on any atom is -0.461 e. The topological polar surface area (TPSA) is 185 Å². The molecular weight excluding hydrogens is 895 g/mol. The Labute approximate surface area is 418 Å². The van der Waals surface area contributed by atoms with Gasteiger partial charge >= 0.3 is 23.9 Å². The third kappa shape index (κ3) is 20.7. The summed E-state index contributed by atoms with van der Waals surface area (Å²) in [6.07, 6.45) is 30.0. The third-order valence-corrected chi connectivity index (χ3v) is 12.9. The summed E-state index contributed by atoms with van der Waals surface area (Å²) in [4.78, 5) is 56.6. The van der Waals surface area contributed by atoms with Gasteiger partial charge in [0.2, 0.25) is 0 Å². The van der Waals surface area contributed by atoms with Crippen LogP contribution in [0.15, 0.2) is 24.7 Å². The second-order valence-corrected chi connectivity index (χ2v) is 19.4. The zero-order chi connectivity index (χ0) is 50.5. The van der Waals surface area contributed by atoms with Crippen LogP contribution in [0.3, 0.4) is 0 Å². The van der Waals surface area contributed by atoms with E-state index in [1.54, 1.807) is 12.4 Å². The Hall–Kier alpha value is -4.55. The van der Waals surface area contributed by atoms with Gasteiger partial charge in [-0.2, -0.15) is 4.79 Å². The molecule has 394 valence electrons. The lowest BCUT2D eigenvalue weighted by Crippen LogP contribution is -2.47. The van der Waals surface area contributed by atoms with Crippen LogP contribution in [0.4, 0.5) is 4.79 Å². The molecule has 18 heteroatoms. The fourth-order valence-corrected chi connectivity index (χ4v) is 9.03. The summed E-state index contributed by atoms with van der Waals surface area (Å²) in [5.41, 5.74) is 0.808. The molecule has 4 heterocycles. The Kier molecular flexibility index (Phi) is 27.5. The van der Waals surface area contributed by atoms with Gasteiger partial charge in [0, 0.05) is 13.7 Å². The number of aromatic nitrogens is 6. The van der Waals surface area contributed by atoms with Gasteiger partial charge in [-0.05, 0) is 65.5 Å². The van der Waals surface area contributed by atoms with E-state index in [2.05, 4.69) is 48.3 Å². The monoisotopic (exact) mass is 983 g/mol. The van der Waals surface area contributed by atoms with Crippen molar-refractivity contribution in [2.45, 2.75) is 239 Å². The van der Waals surface area contributed by atoms with Crippen molar-refractivity contribution in [2.75, 3.05) is 27.7 Å². The quantitative estimate of drug-likeness (QED) is 0.0352. The van der Waals surface area contributed by atoms with E-state index in [9.17, 15) is 19.2 Å². The number of urea groups is 1. The van der Waals surface area contributed by atoms with E-state index >= 15 is 0 Å². The number of methoxy groups -OCH3 is 1. The molecule has 2 aromatic heterocycles. The molecule has 3 amide bonds. The number of likely N-dealkylation sites (N-methyl/N-ethyl adjacent to an activating group) is 1. The first-order chi connectivity index (χ1) is 34.0. The molecule has 0 spiro atoms. The predicted octanol–water partition coefficient (Wildman–Crippen LogP) is 9.08. The Balaban J connectivity index is 1.37. The van der Waals surface area contributed by atoms with E-state index in [1.165, 1.54) is 91.1 Å². The summed E-state index contributed by atoms with van der Waals surface area (Å²) in [6, 6.07) is -0.673. The number of ether oxygens (including phenoxy) is 5. The highest BCUT2D eigenvalue weighted by molar-refractivity contribution is 6.01. The van der Waals surface area contributed by atoms with Crippen LogP contribution in [-0.2, 0) is 64.3 Å². The average molecular weight is 983 g/mol. The van der Waals surface area contributed by atoms with Crippen LogP contribution < -0.4 is 0 Å². The van der Waals surface area contributed by atoms with Gasteiger partial charge in [0.25, 0.3) is 5.90 Å². The SMILES string of the molecule is CCCCCCCCC(CCCCCC)OC(=O)Cn1cc(CO[C@@H]2[C@@H](CN(C)C)O/C(=[N+]3\C=CC(=O)N(Cc4cn(CC(=O)OC(CCCCCC)CCCCCCCC)nn4)C3=O)[C@@H]2OC)nn1. The van der Waals surface area contributed by atoms with Crippen molar-refractivity contribution in [3.8, 4) is 0 Å². The molecule has 0 aromatic carbocycles. The minimum absolute atomic E-state index is 0.0224. The number of carbonyl (C=O) groups is 4. The summed E-state index contributed by atoms with van der Waals surface area (Å²) >= 11 is 0. The summed E-state index contributed by atoms with van der Waals surface area (Å²) < 4.78 is 34.8. The van der Waals surface area contributed by atoms with Crippen LogP contribution in [0.5, 0.6) is 0 Å². The first-order valence-corrected chi connectivity index (χ1v) is 26.8. The molecule has 5 atom stereocenters. The highest BCUT2D eigenvalue weighted by Crippen LogP contribution is 2.26. The lowest BCUT2D eigenvalue weighted by atomic mass is 10.0. The van der Waals surface area contributed by atoms with Crippen molar-refractivity contribution in [1.29, 1.82) is 0 Å². The number of hydrogen-bond acceptors (Lipinski definition) is 14. The number of imide groups is 1. The Morgan fingerprint density at radius 2 is 1.14 bits per heavy atom. The number of hydrogen-bond donors (Lipinski definition) is 0. The van der Waals surface area contributed by atoms with Gasteiger partial charge in [-0.15, -0.1) is 19.7 Å². The van der Waals surface area contributed by atoms with Gasteiger partial charge in [0.15, 0.2) is 6.10 Å². The normalized spacial score (nSPS) is 19.0. The van der Waals surface area contributed by atoms with Gasteiger partial charge in [0.1, 0.15) is 61.6 Å². The molecule has 1 saturated heterocycles. The van der Waals surface area contributed by atoms with E-state index < -0.39 is 36.2 Å².